The summed E-state index contributed by atoms with van der Waals surface area (Å²) in [6.45, 7) is 2.11. The van der Waals surface area contributed by atoms with E-state index >= 15 is 0 Å². The van der Waals surface area contributed by atoms with E-state index < -0.39 is 0 Å². The van der Waals surface area contributed by atoms with Crippen LogP contribution in [0.4, 0.5) is 0 Å². The van der Waals surface area contributed by atoms with Gasteiger partial charge < -0.3 is 15.6 Å². The Labute approximate surface area is 82.1 Å². The molecule has 0 spiro atoms. The fourth-order valence-electron chi connectivity index (χ4n) is 2.33. The molecule has 4 nitrogen and oxygen atoms in total. The van der Waals surface area contributed by atoms with Crippen molar-refractivity contribution < 1.29 is 4.79 Å². The summed E-state index contributed by atoms with van der Waals surface area (Å²) in [5.74, 6) is 1.37. The van der Waals surface area contributed by atoms with E-state index in [9.17, 15) is 4.79 Å². The van der Waals surface area contributed by atoms with E-state index in [1.54, 1.807) is 12.3 Å². The van der Waals surface area contributed by atoms with E-state index in [1.807, 2.05) is 6.07 Å². The maximum absolute atomic E-state index is 11.6. The summed E-state index contributed by atoms with van der Waals surface area (Å²) in [6, 6.07) is 4.04. The number of aromatic nitrogens is 1. The van der Waals surface area contributed by atoms with Crippen LogP contribution in [0.3, 0.4) is 0 Å². The Morgan fingerprint density at radius 1 is 1.43 bits per heavy atom. The number of fused-ring (bicyclic) bond motifs is 1. The number of carbonyl (C=O) groups is 1. The van der Waals surface area contributed by atoms with Gasteiger partial charge >= 0.3 is 0 Å². The molecule has 74 valence electrons. The molecule has 1 aliphatic carbocycles. The molecule has 0 aromatic carbocycles. The molecule has 4 heteroatoms. The molecule has 1 amide bonds. The number of H-pyrrole nitrogens is 1. The Bertz CT molecular complexity index is 336. The lowest BCUT2D eigenvalue weighted by Gasteiger charge is -2.06. The van der Waals surface area contributed by atoms with E-state index in [4.69, 9.17) is 0 Å². The lowest BCUT2D eigenvalue weighted by atomic mass is 10.3. The summed E-state index contributed by atoms with van der Waals surface area (Å²) < 4.78 is 0. The average molecular weight is 191 g/mol. The Hall–Kier alpha value is -1.29. The molecule has 1 aliphatic heterocycles. The van der Waals surface area contributed by atoms with Crippen LogP contribution >= 0.6 is 0 Å². The zero-order valence-corrected chi connectivity index (χ0v) is 7.79. The molecule has 2 atom stereocenters. The molecule has 2 heterocycles. The molecule has 1 saturated carbocycles. The molecule has 0 bridgehead atoms. The molecular formula is C10H13N3O. The molecule has 3 rings (SSSR count). The van der Waals surface area contributed by atoms with Crippen molar-refractivity contribution in [3.05, 3.63) is 24.0 Å². The lowest BCUT2D eigenvalue weighted by Crippen LogP contribution is -2.32. The summed E-state index contributed by atoms with van der Waals surface area (Å²) >= 11 is 0. The van der Waals surface area contributed by atoms with Crippen LogP contribution in [0, 0.1) is 11.8 Å². The molecule has 1 aromatic rings. The Balaban J connectivity index is 1.61. The molecule has 0 radical (unpaired) electrons. The average Bonchev–Trinajstić information content (AvgIpc) is 2.75. The first kappa shape index (κ1) is 8.05. The quantitative estimate of drug-likeness (QED) is 0.614. The third-order valence-corrected chi connectivity index (χ3v) is 3.23. The largest absolute Gasteiger partial charge is 0.357 e. The highest BCUT2D eigenvalue weighted by atomic mass is 16.2. The molecular weight excluding hydrogens is 178 g/mol. The molecule has 2 unspecified atom stereocenters. The van der Waals surface area contributed by atoms with Crippen LogP contribution in [-0.4, -0.2) is 30.0 Å². The molecule has 14 heavy (non-hydrogen) atoms. The zero-order chi connectivity index (χ0) is 9.54. The van der Waals surface area contributed by atoms with Gasteiger partial charge in [0.05, 0.1) is 0 Å². The van der Waals surface area contributed by atoms with E-state index in [1.165, 1.54) is 0 Å². The van der Waals surface area contributed by atoms with Crippen LogP contribution in [-0.2, 0) is 0 Å². The van der Waals surface area contributed by atoms with Crippen LogP contribution in [0.25, 0.3) is 0 Å². The van der Waals surface area contributed by atoms with Crippen molar-refractivity contribution in [3.8, 4) is 0 Å². The number of amides is 1. The van der Waals surface area contributed by atoms with Gasteiger partial charge in [-0.3, -0.25) is 4.79 Å². The first-order chi connectivity index (χ1) is 6.86. The number of aromatic amines is 1. The number of hydrogen-bond donors (Lipinski definition) is 3. The van der Waals surface area contributed by atoms with Gasteiger partial charge in [-0.2, -0.15) is 0 Å². The minimum Gasteiger partial charge on any atom is -0.357 e. The number of hydrogen-bond acceptors (Lipinski definition) is 2. The highest BCUT2D eigenvalue weighted by Gasteiger charge is 2.53. The van der Waals surface area contributed by atoms with Crippen molar-refractivity contribution in [2.75, 3.05) is 13.1 Å². The summed E-state index contributed by atoms with van der Waals surface area (Å²) in [5, 5.41) is 6.35. The minimum absolute atomic E-state index is 0.0226. The van der Waals surface area contributed by atoms with Gasteiger partial charge in [0.1, 0.15) is 5.69 Å². The number of rotatable bonds is 2. The van der Waals surface area contributed by atoms with E-state index in [0.717, 1.165) is 13.1 Å². The highest BCUT2D eigenvalue weighted by Crippen LogP contribution is 2.41. The number of carbonyl (C=O) groups excluding carboxylic acids is 1. The monoisotopic (exact) mass is 191 g/mol. The number of nitrogens with one attached hydrogen (secondary N) is 3. The van der Waals surface area contributed by atoms with Crippen LogP contribution < -0.4 is 10.6 Å². The van der Waals surface area contributed by atoms with Crippen LogP contribution in [0.5, 0.6) is 0 Å². The summed E-state index contributed by atoms with van der Waals surface area (Å²) in [6.07, 6.45) is 1.77. The first-order valence-corrected chi connectivity index (χ1v) is 5.01. The normalized spacial score (nSPS) is 33.9. The standard InChI is InChI=1S/C10H13N3O/c14-10(8-2-1-3-12-8)13-9-6-4-11-5-7(6)9/h1-3,6-7,9,11-12H,4-5H2,(H,13,14). The van der Waals surface area contributed by atoms with Crippen molar-refractivity contribution >= 4 is 5.91 Å². The molecule has 2 aliphatic rings. The van der Waals surface area contributed by atoms with Crippen LogP contribution in [0.2, 0.25) is 0 Å². The van der Waals surface area contributed by atoms with Crippen molar-refractivity contribution in [1.82, 2.24) is 15.6 Å². The fourth-order valence-corrected chi connectivity index (χ4v) is 2.33. The van der Waals surface area contributed by atoms with Gasteiger partial charge in [-0.25, -0.2) is 0 Å². The smallest absolute Gasteiger partial charge is 0.267 e. The predicted molar refractivity (Wildman–Crippen MR) is 51.9 cm³/mol. The SMILES string of the molecule is O=C(NC1C2CNCC21)c1ccc[nH]1. The van der Waals surface area contributed by atoms with Gasteiger partial charge in [-0.15, -0.1) is 0 Å². The minimum atomic E-state index is 0.0226. The van der Waals surface area contributed by atoms with E-state index in [-0.39, 0.29) is 5.91 Å². The number of piperidine rings is 1. The topological polar surface area (TPSA) is 56.9 Å². The van der Waals surface area contributed by atoms with Crippen molar-refractivity contribution in [2.45, 2.75) is 6.04 Å². The molecule has 1 saturated heterocycles. The molecule has 3 N–H and O–H groups in total. The van der Waals surface area contributed by atoms with E-state index in [0.29, 0.717) is 23.6 Å². The Morgan fingerprint density at radius 2 is 2.21 bits per heavy atom. The maximum atomic E-state index is 11.6. The molecule has 1 aromatic heterocycles. The third kappa shape index (κ3) is 1.14. The van der Waals surface area contributed by atoms with Gasteiger partial charge in [-0.05, 0) is 24.0 Å². The van der Waals surface area contributed by atoms with Crippen molar-refractivity contribution in [3.63, 3.8) is 0 Å². The summed E-state index contributed by atoms with van der Waals surface area (Å²) in [5.41, 5.74) is 0.655. The van der Waals surface area contributed by atoms with E-state index in [2.05, 4.69) is 15.6 Å². The molecule has 2 fully saturated rings. The van der Waals surface area contributed by atoms with Gasteiger partial charge in [0, 0.05) is 25.3 Å². The second kappa shape index (κ2) is 2.85. The Morgan fingerprint density at radius 3 is 2.86 bits per heavy atom. The van der Waals surface area contributed by atoms with Gasteiger partial charge in [0.2, 0.25) is 0 Å². The summed E-state index contributed by atoms with van der Waals surface area (Å²) in [7, 11) is 0. The third-order valence-electron chi connectivity index (χ3n) is 3.23. The predicted octanol–water partition coefficient (Wildman–Crippen LogP) is -0.0377. The second-order valence-electron chi connectivity index (χ2n) is 4.07. The zero-order valence-electron chi connectivity index (χ0n) is 7.79. The van der Waals surface area contributed by atoms with Crippen molar-refractivity contribution in [2.24, 2.45) is 11.8 Å². The lowest BCUT2D eigenvalue weighted by molar-refractivity contribution is 0.0942. The first-order valence-electron chi connectivity index (χ1n) is 5.01. The van der Waals surface area contributed by atoms with Gasteiger partial charge in [0.25, 0.3) is 5.91 Å². The van der Waals surface area contributed by atoms with Gasteiger partial charge in [-0.1, -0.05) is 0 Å². The summed E-state index contributed by atoms with van der Waals surface area (Å²) in [4.78, 5) is 14.5. The highest BCUT2D eigenvalue weighted by molar-refractivity contribution is 5.92. The van der Waals surface area contributed by atoms with Gasteiger partial charge in [0.15, 0.2) is 0 Å². The fraction of sp³-hybridized carbons (Fsp3) is 0.500. The van der Waals surface area contributed by atoms with Crippen LogP contribution in [0.15, 0.2) is 18.3 Å². The van der Waals surface area contributed by atoms with Crippen molar-refractivity contribution in [1.29, 1.82) is 0 Å². The second-order valence-corrected chi connectivity index (χ2v) is 4.07. The Kier molecular flexibility index (Phi) is 1.64. The maximum Gasteiger partial charge on any atom is 0.267 e. The van der Waals surface area contributed by atoms with Crippen LogP contribution in [0.1, 0.15) is 10.5 Å².